The van der Waals surface area contributed by atoms with Gasteiger partial charge in [0, 0.05) is 20.9 Å². The molecule has 0 saturated carbocycles. The molecule has 5 nitrogen and oxygen atoms in total. The van der Waals surface area contributed by atoms with E-state index in [1.54, 1.807) is 0 Å². The minimum Gasteiger partial charge on any atom is -0.508 e. The Hall–Kier alpha value is -3.76. The Balaban J connectivity index is 2.07. The highest BCUT2D eigenvalue weighted by Gasteiger charge is 2.22. The zero-order valence-corrected chi connectivity index (χ0v) is 15.5. The predicted molar refractivity (Wildman–Crippen MR) is 107 cm³/mol. The van der Waals surface area contributed by atoms with Gasteiger partial charge >= 0.3 is 0 Å². The van der Waals surface area contributed by atoms with Crippen LogP contribution in [0.3, 0.4) is 0 Å². The molecule has 0 aliphatic heterocycles. The average Bonchev–Trinajstić information content (AvgIpc) is 2.77. The van der Waals surface area contributed by atoms with Crippen LogP contribution in [0.1, 0.15) is 43.0 Å². The number of halogens is 2. The van der Waals surface area contributed by atoms with Crippen molar-refractivity contribution >= 4 is 5.91 Å². The first kappa shape index (κ1) is 17.1. The maximum atomic E-state index is 13.9. The van der Waals surface area contributed by atoms with E-state index in [9.17, 15) is 18.7 Å². The van der Waals surface area contributed by atoms with E-state index >= 15 is 0 Å². The summed E-state index contributed by atoms with van der Waals surface area (Å²) in [5.74, 6) is 2.55. The first-order valence-electron chi connectivity index (χ1n) is 10.3. The molecule has 0 radical (unpaired) electrons. The lowest BCUT2D eigenvalue weighted by Gasteiger charge is -2.21. The van der Waals surface area contributed by atoms with Crippen molar-refractivity contribution in [1.82, 2.24) is 10.3 Å². The van der Waals surface area contributed by atoms with E-state index in [0.29, 0.717) is 5.56 Å². The van der Waals surface area contributed by atoms with Crippen LogP contribution in [-0.4, -0.2) is 27.7 Å². The molecule has 0 saturated heterocycles. The van der Waals surface area contributed by atoms with Crippen molar-refractivity contribution in [2.24, 2.45) is 0 Å². The summed E-state index contributed by atoms with van der Waals surface area (Å²) in [5.41, 5.74) is -0.208. The third-order valence-electron chi connectivity index (χ3n) is 4.15. The second kappa shape index (κ2) is 9.16. The molecule has 3 N–H and O–H groups in total. The standard InChI is InChI=1S/C23H18F2N2O3/c1-14-11-15(3-2-10-28)12-20(26-14)23(30)27-22(16-4-6-17(24)7-5-16)19-13-18(25)8-9-21(19)29/h4-9,11-13,22,28-29H,10H2,1H3,(H,27,30)/i1D3. The van der Waals surface area contributed by atoms with Crippen LogP contribution in [0.25, 0.3) is 0 Å². The van der Waals surface area contributed by atoms with Crippen molar-refractivity contribution in [2.45, 2.75) is 12.9 Å². The summed E-state index contributed by atoms with van der Waals surface area (Å²) in [6.45, 7) is -3.11. The summed E-state index contributed by atoms with van der Waals surface area (Å²) in [6, 6.07) is 9.47. The summed E-state index contributed by atoms with van der Waals surface area (Å²) >= 11 is 0. The number of hydrogen-bond donors (Lipinski definition) is 3. The van der Waals surface area contributed by atoms with Crippen molar-refractivity contribution in [3.05, 3.63) is 94.3 Å². The van der Waals surface area contributed by atoms with Gasteiger partial charge in [0.25, 0.3) is 5.91 Å². The number of aliphatic hydroxyl groups is 1. The molecule has 1 atom stereocenters. The number of aliphatic hydroxyl groups excluding tert-OH is 1. The molecule has 152 valence electrons. The van der Waals surface area contributed by atoms with Gasteiger partial charge in [0.2, 0.25) is 0 Å². The fourth-order valence-electron chi connectivity index (χ4n) is 2.82. The van der Waals surface area contributed by atoms with Crippen LogP contribution in [-0.2, 0) is 0 Å². The molecule has 0 bridgehead atoms. The van der Waals surface area contributed by atoms with E-state index in [0.717, 1.165) is 30.3 Å². The molecule has 7 heteroatoms. The van der Waals surface area contributed by atoms with Crippen LogP contribution < -0.4 is 5.32 Å². The Morgan fingerprint density at radius 3 is 2.60 bits per heavy atom. The number of aromatic nitrogens is 1. The molecule has 0 aliphatic carbocycles. The lowest BCUT2D eigenvalue weighted by molar-refractivity contribution is 0.0937. The van der Waals surface area contributed by atoms with Gasteiger partial charge in [-0.2, -0.15) is 0 Å². The quantitative estimate of drug-likeness (QED) is 0.576. The van der Waals surface area contributed by atoms with E-state index in [-0.39, 0.29) is 28.3 Å². The summed E-state index contributed by atoms with van der Waals surface area (Å²) in [4.78, 5) is 17.0. The fourth-order valence-corrected chi connectivity index (χ4v) is 2.82. The van der Waals surface area contributed by atoms with Gasteiger partial charge in [-0.25, -0.2) is 13.8 Å². The SMILES string of the molecule is [2H]C([2H])([2H])c1cc(C#CCO)cc(C(=O)NC(c2ccc(F)cc2)c2cc(F)ccc2O)n1. The maximum absolute atomic E-state index is 13.9. The third kappa shape index (κ3) is 4.99. The minimum atomic E-state index is -2.64. The molecule has 0 fully saturated rings. The number of hydrogen-bond acceptors (Lipinski definition) is 4. The number of aryl methyl sites for hydroxylation is 1. The minimum absolute atomic E-state index is 0.00206. The number of rotatable bonds is 4. The number of carbonyl (C=O) groups is 1. The highest BCUT2D eigenvalue weighted by molar-refractivity contribution is 5.93. The van der Waals surface area contributed by atoms with Crippen LogP contribution in [0.5, 0.6) is 5.75 Å². The highest BCUT2D eigenvalue weighted by Crippen LogP contribution is 2.30. The Morgan fingerprint density at radius 2 is 1.90 bits per heavy atom. The summed E-state index contributed by atoms with van der Waals surface area (Å²) in [6.07, 6.45) is 0. The summed E-state index contributed by atoms with van der Waals surface area (Å²) in [5, 5.41) is 21.8. The zero-order chi connectivity index (χ0) is 24.2. The Kier molecular flexibility index (Phi) is 5.23. The van der Waals surface area contributed by atoms with Gasteiger partial charge in [0.05, 0.1) is 6.04 Å². The molecule has 2 aromatic carbocycles. The maximum Gasteiger partial charge on any atom is 0.270 e. The first-order chi connectivity index (χ1) is 15.6. The molecule has 3 rings (SSSR count). The molecule has 1 amide bonds. The van der Waals surface area contributed by atoms with Gasteiger partial charge in [-0.1, -0.05) is 24.0 Å². The molecule has 1 heterocycles. The van der Waals surface area contributed by atoms with E-state index in [4.69, 9.17) is 9.22 Å². The molecular weight excluding hydrogens is 390 g/mol. The van der Waals surface area contributed by atoms with E-state index in [2.05, 4.69) is 22.1 Å². The summed E-state index contributed by atoms with van der Waals surface area (Å²) < 4.78 is 50.1. The molecule has 3 aromatic rings. The van der Waals surface area contributed by atoms with E-state index in [1.807, 2.05) is 0 Å². The molecule has 1 unspecified atom stereocenters. The number of phenolic OH excluding ortho intramolecular Hbond substituents is 1. The Morgan fingerprint density at radius 1 is 1.17 bits per heavy atom. The van der Waals surface area contributed by atoms with Gasteiger partial charge < -0.3 is 15.5 Å². The predicted octanol–water partition coefficient (Wildman–Crippen LogP) is 3.24. The van der Waals surface area contributed by atoms with Gasteiger partial charge in [-0.15, -0.1) is 0 Å². The number of benzene rings is 2. The molecular formula is C23H18F2N2O3. The van der Waals surface area contributed by atoms with Crippen LogP contribution in [0.15, 0.2) is 54.6 Å². The second-order valence-electron chi connectivity index (χ2n) is 6.25. The van der Waals surface area contributed by atoms with Crippen LogP contribution in [0.4, 0.5) is 8.78 Å². The highest BCUT2D eigenvalue weighted by atomic mass is 19.1. The fraction of sp³-hybridized carbons (Fsp3) is 0.130. The average molecular weight is 411 g/mol. The first-order valence-corrected chi connectivity index (χ1v) is 8.75. The number of carbonyl (C=O) groups excluding carboxylic acids is 1. The van der Waals surface area contributed by atoms with Crippen molar-refractivity contribution in [3.8, 4) is 17.6 Å². The lowest BCUT2D eigenvalue weighted by Crippen LogP contribution is -2.30. The molecule has 30 heavy (non-hydrogen) atoms. The topological polar surface area (TPSA) is 82.5 Å². The van der Waals surface area contributed by atoms with Crippen molar-refractivity contribution in [1.29, 1.82) is 0 Å². The summed E-state index contributed by atoms with van der Waals surface area (Å²) in [7, 11) is 0. The van der Waals surface area contributed by atoms with Gasteiger partial charge in [-0.3, -0.25) is 4.79 Å². The third-order valence-corrected chi connectivity index (χ3v) is 4.15. The lowest BCUT2D eigenvalue weighted by atomic mass is 9.97. The van der Waals surface area contributed by atoms with Crippen molar-refractivity contribution in [3.63, 3.8) is 0 Å². The van der Waals surface area contributed by atoms with E-state index in [1.165, 1.54) is 24.3 Å². The van der Waals surface area contributed by atoms with Crippen molar-refractivity contribution in [2.75, 3.05) is 6.61 Å². The largest absolute Gasteiger partial charge is 0.508 e. The number of nitrogens with one attached hydrogen (secondary N) is 1. The van der Waals surface area contributed by atoms with Crippen LogP contribution in [0.2, 0.25) is 0 Å². The van der Waals surface area contributed by atoms with Crippen LogP contribution in [0, 0.1) is 30.3 Å². The number of phenols is 1. The second-order valence-corrected chi connectivity index (χ2v) is 6.25. The molecule has 1 aromatic heterocycles. The smallest absolute Gasteiger partial charge is 0.270 e. The Bertz CT molecular complexity index is 1240. The van der Waals surface area contributed by atoms with Crippen LogP contribution >= 0.6 is 0 Å². The van der Waals surface area contributed by atoms with Gasteiger partial charge in [0.1, 0.15) is 29.7 Å². The Labute approximate surface area is 176 Å². The van der Waals surface area contributed by atoms with E-state index < -0.39 is 37.0 Å². The zero-order valence-electron chi connectivity index (χ0n) is 18.5. The van der Waals surface area contributed by atoms with Gasteiger partial charge in [-0.05, 0) is 54.9 Å². The number of pyridine rings is 1. The normalized spacial score (nSPS) is 13.2. The number of nitrogens with zero attached hydrogens (tertiary/aromatic N) is 1. The van der Waals surface area contributed by atoms with Crippen molar-refractivity contribution < 1.29 is 27.9 Å². The molecule has 0 spiro atoms. The number of aromatic hydroxyl groups is 1. The number of amides is 1. The molecule has 0 aliphatic rings. The van der Waals surface area contributed by atoms with Gasteiger partial charge in [0.15, 0.2) is 0 Å². The monoisotopic (exact) mass is 411 g/mol.